The van der Waals surface area contributed by atoms with Crippen molar-refractivity contribution in [2.45, 2.75) is 26.6 Å². The van der Waals surface area contributed by atoms with Crippen molar-refractivity contribution in [3.05, 3.63) is 11.3 Å². The second-order valence-electron chi connectivity index (χ2n) is 3.32. The zero-order valence-electron chi connectivity index (χ0n) is 6.73. The van der Waals surface area contributed by atoms with E-state index in [1.807, 2.05) is 6.08 Å². The summed E-state index contributed by atoms with van der Waals surface area (Å²) < 4.78 is 0. The Bertz CT molecular complexity index is 111. The van der Waals surface area contributed by atoms with Crippen molar-refractivity contribution in [3.63, 3.8) is 0 Å². The molecule has 0 rings (SSSR count). The quantitative estimate of drug-likeness (QED) is 0.586. The van der Waals surface area contributed by atoms with Gasteiger partial charge < -0.3 is 5.11 Å². The molecular weight excluding hydrogens is 128 g/mol. The first-order valence-corrected chi connectivity index (χ1v) is 6.76. The van der Waals surface area contributed by atoms with Gasteiger partial charge in [0.05, 0.1) is 14.7 Å². The van der Waals surface area contributed by atoms with Crippen molar-refractivity contribution < 1.29 is 5.11 Å². The van der Waals surface area contributed by atoms with Crippen molar-refractivity contribution in [1.82, 2.24) is 0 Å². The highest BCUT2D eigenvalue weighted by Gasteiger charge is 2.13. The number of hydrogen-bond donors (Lipinski definition) is 1. The third-order valence-electron chi connectivity index (χ3n) is 1.58. The predicted molar refractivity (Wildman–Crippen MR) is 44.2 cm³/mol. The SMILES string of the molecule is C/C(=C\CO)[Si](C)(C)C. The molecule has 0 atom stereocenters. The van der Waals surface area contributed by atoms with E-state index in [4.69, 9.17) is 5.11 Å². The Morgan fingerprint density at radius 1 is 1.44 bits per heavy atom. The Labute approximate surface area is 58.4 Å². The monoisotopic (exact) mass is 144 g/mol. The summed E-state index contributed by atoms with van der Waals surface area (Å²) in [6.45, 7) is 9.11. The summed E-state index contributed by atoms with van der Waals surface area (Å²) in [5.41, 5.74) is 0. The number of hydrogen-bond acceptors (Lipinski definition) is 1. The maximum atomic E-state index is 8.55. The minimum Gasteiger partial charge on any atom is -0.392 e. The Hall–Kier alpha value is -0.0831. The third-order valence-corrected chi connectivity index (χ3v) is 4.15. The van der Waals surface area contributed by atoms with Crippen molar-refractivity contribution in [3.8, 4) is 0 Å². The maximum absolute atomic E-state index is 8.55. The van der Waals surface area contributed by atoms with E-state index in [2.05, 4.69) is 26.6 Å². The van der Waals surface area contributed by atoms with Gasteiger partial charge in [0.15, 0.2) is 0 Å². The molecule has 0 aliphatic rings. The van der Waals surface area contributed by atoms with Gasteiger partial charge in [0.2, 0.25) is 0 Å². The summed E-state index contributed by atoms with van der Waals surface area (Å²) in [5.74, 6) is 0. The smallest absolute Gasteiger partial charge is 0.0717 e. The van der Waals surface area contributed by atoms with Crippen LogP contribution in [0.15, 0.2) is 11.3 Å². The number of allylic oxidation sites excluding steroid dienone is 1. The molecule has 0 saturated carbocycles. The molecule has 0 heterocycles. The molecule has 1 N–H and O–H groups in total. The van der Waals surface area contributed by atoms with Crippen LogP contribution in [0.3, 0.4) is 0 Å². The first kappa shape index (κ1) is 8.92. The van der Waals surface area contributed by atoms with Crippen LogP contribution in [0.1, 0.15) is 6.92 Å². The zero-order valence-corrected chi connectivity index (χ0v) is 7.73. The molecule has 0 unspecified atom stereocenters. The Morgan fingerprint density at radius 3 is 2.00 bits per heavy atom. The van der Waals surface area contributed by atoms with Crippen LogP contribution in [0.4, 0.5) is 0 Å². The van der Waals surface area contributed by atoms with Crippen LogP contribution in [0.2, 0.25) is 19.6 Å². The summed E-state index contributed by atoms with van der Waals surface area (Å²) in [5, 5.41) is 9.93. The van der Waals surface area contributed by atoms with E-state index in [-0.39, 0.29) is 6.61 Å². The number of aliphatic hydroxyl groups excluding tert-OH is 1. The zero-order chi connectivity index (χ0) is 7.49. The fourth-order valence-electron chi connectivity index (χ4n) is 0.443. The molecule has 2 heteroatoms. The molecule has 0 aliphatic carbocycles. The van der Waals surface area contributed by atoms with Crippen molar-refractivity contribution >= 4 is 8.07 Å². The molecule has 9 heavy (non-hydrogen) atoms. The summed E-state index contributed by atoms with van der Waals surface area (Å²) in [4.78, 5) is 0. The lowest BCUT2D eigenvalue weighted by Crippen LogP contribution is -2.22. The summed E-state index contributed by atoms with van der Waals surface area (Å²) in [6, 6.07) is 0. The van der Waals surface area contributed by atoms with Gasteiger partial charge in [-0.3, -0.25) is 0 Å². The van der Waals surface area contributed by atoms with Gasteiger partial charge in [-0.1, -0.05) is 30.9 Å². The summed E-state index contributed by atoms with van der Waals surface area (Å²) >= 11 is 0. The maximum Gasteiger partial charge on any atom is 0.0717 e. The standard InChI is InChI=1S/C7H16OSi/c1-7(5-6-8)9(2,3)4/h5,8H,6H2,1-4H3/b7-5+. The topological polar surface area (TPSA) is 20.2 Å². The molecule has 0 aliphatic heterocycles. The third kappa shape index (κ3) is 3.49. The van der Waals surface area contributed by atoms with Crippen molar-refractivity contribution in [1.29, 1.82) is 0 Å². The van der Waals surface area contributed by atoms with Gasteiger partial charge in [-0.15, -0.1) is 0 Å². The van der Waals surface area contributed by atoms with Gasteiger partial charge in [0.25, 0.3) is 0 Å². The van der Waals surface area contributed by atoms with E-state index in [0.717, 1.165) is 0 Å². The lowest BCUT2D eigenvalue weighted by Gasteiger charge is -2.16. The van der Waals surface area contributed by atoms with Crippen LogP contribution in [-0.4, -0.2) is 19.8 Å². The molecule has 1 nitrogen and oxygen atoms in total. The van der Waals surface area contributed by atoms with Crippen LogP contribution in [0.25, 0.3) is 0 Å². The molecule has 0 radical (unpaired) electrons. The summed E-state index contributed by atoms with van der Waals surface area (Å²) in [6.07, 6.45) is 1.91. The Kier molecular flexibility index (Phi) is 3.15. The van der Waals surface area contributed by atoms with Gasteiger partial charge >= 0.3 is 0 Å². The normalized spacial score (nSPS) is 14.1. The van der Waals surface area contributed by atoms with Crippen molar-refractivity contribution in [2.24, 2.45) is 0 Å². The predicted octanol–water partition coefficient (Wildman–Crippen LogP) is 1.80. The van der Waals surface area contributed by atoms with E-state index >= 15 is 0 Å². The van der Waals surface area contributed by atoms with Gasteiger partial charge in [-0.25, -0.2) is 0 Å². The molecule has 0 aromatic heterocycles. The molecule has 0 aromatic rings. The fourth-order valence-corrected chi connectivity index (χ4v) is 1.15. The molecule has 0 bridgehead atoms. The van der Waals surface area contributed by atoms with E-state index in [1.165, 1.54) is 5.20 Å². The Balaban J connectivity index is 4.03. The minimum absolute atomic E-state index is 0.191. The first-order chi connectivity index (χ1) is 3.98. The molecule has 0 fully saturated rings. The second-order valence-corrected chi connectivity index (χ2v) is 8.61. The van der Waals surface area contributed by atoms with E-state index in [9.17, 15) is 0 Å². The molecule has 0 aromatic carbocycles. The average molecular weight is 144 g/mol. The second kappa shape index (κ2) is 3.18. The molecular formula is C7H16OSi. The van der Waals surface area contributed by atoms with Crippen molar-refractivity contribution in [2.75, 3.05) is 6.61 Å². The molecule has 54 valence electrons. The van der Waals surface area contributed by atoms with Crippen LogP contribution >= 0.6 is 0 Å². The van der Waals surface area contributed by atoms with Crippen LogP contribution in [-0.2, 0) is 0 Å². The lowest BCUT2D eigenvalue weighted by molar-refractivity contribution is 0.342. The average Bonchev–Trinajstić information content (AvgIpc) is 1.64. The van der Waals surface area contributed by atoms with Gasteiger partial charge in [0, 0.05) is 0 Å². The number of aliphatic hydroxyl groups is 1. The Morgan fingerprint density at radius 2 is 1.89 bits per heavy atom. The molecule has 0 saturated heterocycles. The highest BCUT2D eigenvalue weighted by molar-refractivity contribution is 6.82. The van der Waals surface area contributed by atoms with E-state index in [1.54, 1.807) is 0 Å². The van der Waals surface area contributed by atoms with Gasteiger partial charge in [-0.05, 0) is 6.92 Å². The van der Waals surface area contributed by atoms with E-state index < -0.39 is 8.07 Å². The van der Waals surface area contributed by atoms with E-state index in [0.29, 0.717) is 0 Å². The largest absolute Gasteiger partial charge is 0.392 e. The first-order valence-electron chi connectivity index (χ1n) is 3.26. The number of rotatable bonds is 2. The van der Waals surface area contributed by atoms with Crippen LogP contribution < -0.4 is 0 Å². The van der Waals surface area contributed by atoms with Gasteiger partial charge in [0.1, 0.15) is 0 Å². The lowest BCUT2D eigenvalue weighted by atomic mass is 10.5. The molecule has 0 amide bonds. The minimum atomic E-state index is -1.08. The summed E-state index contributed by atoms with van der Waals surface area (Å²) in [7, 11) is -1.08. The molecule has 0 spiro atoms. The van der Waals surface area contributed by atoms with Crippen LogP contribution in [0.5, 0.6) is 0 Å². The highest BCUT2D eigenvalue weighted by Crippen LogP contribution is 2.12. The van der Waals surface area contributed by atoms with Crippen LogP contribution in [0, 0.1) is 0 Å². The fraction of sp³-hybridized carbons (Fsp3) is 0.714. The highest BCUT2D eigenvalue weighted by atomic mass is 28.3. The van der Waals surface area contributed by atoms with Gasteiger partial charge in [-0.2, -0.15) is 0 Å².